The number of pyridine rings is 1. The topological polar surface area (TPSA) is 114 Å². The molecule has 0 atom stereocenters. The van der Waals surface area contributed by atoms with E-state index in [1.165, 1.54) is 12.1 Å². The Hall–Kier alpha value is -1.93. The van der Waals surface area contributed by atoms with Gasteiger partial charge in [0.25, 0.3) is 0 Å². The Bertz CT molecular complexity index is 546. The smallest absolute Gasteiger partial charge is 0.311 e. The zero-order valence-corrected chi connectivity index (χ0v) is 12.0. The number of nitro groups is 1. The van der Waals surface area contributed by atoms with Gasteiger partial charge in [0.2, 0.25) is 11.7 Å². The van der Waals surface area contributed by atoms with Crippen molar-refractivity contribution in [1.29, 1.82) is 0 Å². The van der Waals surface area contributed by atoms with Crippen LogP contribution in [0.1, 0.15) is 12.8 Å². The summed E-state index contributed by atoms with van der Waals surface area (Å²) in [5.41, 5.74) is 5.06. The number of nitrogens with zero attached hydrogens (tertiary/aromatic N) is 3. The van der Waals surface area contributed by atoms with Crippen LogP contribution < -0.4 is 11.1 Å². The number of halogens is 1. The van der Waals surface area contributed by atoms with Gasteiger partial charge in [-0.15, -0.1) is 0 Å². The molecule has 1 amide bonds. The lowest BCUT2D eigenvalue weighted by Gasteiger charge is -2.31. The second-order valence-corrected chi connectivity index (χ2v) is 5.31. The number of piperidine rings is 1. The van der Waals surface area contributed by atoms with Crippen molar-refractivity contribution < 1.29 is 9.72 Å². The summed E-state index contributed by atoms with van der Waals surface area (Å²) in [6, 6.07) is 2.78. The largest absolute Gasteiger partial charge is 0.369 e. The van der Waals surface area contributed by atoms with E-state index in [9.17, 15) is 14.9 Å². The molecular formula is C12H16ClN5O3. The molecule has 0 spiro atoms. The number of anilines is 1. The van der Waals surface area contributed by atoms with Gasteiger partial charge in [-0.2, -0.15) is 0 Å². The molecule has 1 aromatic heterocycles. The fourth-order valence-electron chi connectivity index (χ4n) is 2.33. The van der Waals surface area contributed by atoms with Gasteiger partial charge < -0.3 is 11.1 Å². The number of rotatable bonds is 5. The summed E-state index contributed by atoms with van der Waals surface area (Å²) in [6.07, 6.45) is 1.50. The van der Waals surface area contributed by atoms with Crippen LogP contribution in [0.15, 0.2) is 12.1 Å². The van der Waals surface area contributed by atoms with Crippen molar-refractivity contribution >= 4 is 29.0 Å². The molecule has 1 saturated heterocycles. The predicted octanol–water partition coefficient (Wildman–Crippen LogP) is 1.00. The zero-order valence-electron chi connectivity index (χ0n) is 11.3. The molecule has 9 heteroatoms. The Kier molecular flexibility index (Phi) is 4.92. The third-order valence-corrected chi connectivity index (χ3v) is 3.56. The van der Waals surface area contributed by atoms with Gasteiger partial charge in [0.15, 0.2) is 0 Å². The maximum Gasteiger partial charge on any atom is 0.311 e. The molecule has 0 aromatic carbocycles. The van der Waals surface area contributed by atoms with Crippen LogP contribution in [0.2, 0.25) is 5.15 Å². The Labute approximate surface area is 126 Å². The molecule has 8 nitrogen and oxygen atoms in total. The molecule has 0 saturated carbocycles. The lowest BCUT2D eigenvalue weighted by molar-refractivity contribution is -0.384. The Balaban J connectivity index is 1.99. The maximum absolute atomic E-state index is 11.0. The summed E-state index contributed by atoms with van der Waals surface area (Å²) in [6.45, 7) is 1.65. The number of primary amides is 1. The van der Waals surface area contributed by atoms with Gasteiger partial charge in [0.05, 0.1) is 11.5 Å². The molecule has 114 valence electrons. The summed E-state index contributed by atoms with van der Waals surface area (Å²) in [5.74, 6) is -0.172. The Morgan fingerprint density at radius 3 is 2.76 bits per heavy atom. The second kappa shape index (κ2) is 6.68. The van der Waals surface area contributed by atoms with Gasteiger partial charge >= 0.3 is 5.69 Å². The van der Waals surface area contributed by atoms with E-state index in [-0.39, 0.29) is 35.2 Å². The van der Waals surface area contributed by atoms with Crippen molar-refractivity contribution in [3.8, 4) is 0 Å². The number of hydrogen-bond acceptors (Lipinski definition) is 6. The van der Waals surface area contributed by atoms with Crippen molar-refractivity contribution in [3.63, 3.8) is 0 Å². The molecule has 1 aliphatic heterocycles. The minimum atomic E-state index is -0.492. The van der Waals surface area contributed by atoms with Crippen molar-refractivity contribution in [3.05, 3.63) is 27.4 Å². The van der Waals surface area contributed by atoms with Gasteiger partial charge in [0.1, 0.15) is 5.15 Å². The van der Waals surface area contributed by atoms with Crippen molar-refractivity contribution in [2.24, 2.45) is 5.73 Å². The molecule has 0 unspecified atom stereocenters. The quantitative estimate of drug-likeness (QED) is 0.476. The molecule has 2 rings (SSSR count). The van der Waals surface area contributed by atoms with Crippen LogP contribution in [0.5, 0.6) is 0 Å². The highest BCUT2D eigenvalue weighted by Gasteiger charge is 2.23. The zero-order chi connectivity index (χ0) is 15.4. The third-order valence-electron chi connectivity index (χ3n) is 3.34. The molecule has 21 heavy (non-hydrogen) atoms. The fraction of sp³-hybridized carbons (Fsp3) is 0.500. The highest BCUT2D eigenvalue weighted by atomic mass is 35.5. The van der Waals surface area contributed by atoms with E-state index in [1.54, 1.807) is 0 Å². The molecule has 0 aliphatic carbocycles. The van der Waals surface area contributed by atoms with E-state index >= 15 is 0 Å². The highest BCUT2D eigenvalue weighted by molar-refractivity contribution is 6.29. The van der Waals surface area contributed by atoms with E-state index in [2.05, 4.69) is 10.3 Å². The van der Waals surface area contributed by atoms with Gasteiger partial charge in [-0.1, -0.05) is 11.6 Å². The van der Waals surface area contributed by atoms with Crippen LogP contribution in [0.25, 0.3) is 0 Å². The van der Waals surface area contributed by atoms with Crippen LogP contribution in [-0.2, 0) is 4.79 Å². The lowest BCUT2D eigenvalue weighted by atomic mass is 10.0. The number of hydrogen-bond donors (Lipinski definition) is 2. The van der Waals surface area contributed by atoms with Gasteiger partial charge in [0, 0.05) is 25.2 Å². The van der Waals surface area contributed by atoms with Crippen LogP contribution in [0.4, 0.5) is 11.5 Å². The van der Waals surface area contributed by atoms with Gasteiger partial charge in [-0.25, -0.2) is 4.98 Å². The summed E-state index contributed by atoms with van der Waals surface area (Å²) >= 11 is 5.79. The Morgan fingerprint density at radius 2 is 2.19 bits per heavy atom. The number of nitrogens with one attached hydrogen (secondary N) is 1. The third kappa shape index (κ3) is 4.27. The molecule has 1 fully saturated rings. The lowest BCUT2D eigenvalue weighted by Crippen LogP contribution is -2.43. The first-order valence-electron chi connectivity index (χ1n) is 6.54. The van der Waals surface area contributed by atoms with E-state index in [0.717, 1.165) is 12.8 Å². The summed E-state index contributed by atoms with van der Waals surface area (Å²) in [4.78, 5) is 27.3. The number of amides is 1. The van der Waals surface area contributed by atoms with Crippen LogP contribution in [0.3, 0.4) is 0 Å². The van der Waals surface area contributed by atoms with Crippen molar-refractivity contribution in [2.45, 2.75) is 18.9 Å². The van der Waals surface area contributed by atoms with E-state index in [4.69, 9.17) is 17.3 Å². The van der Waals surface area contributed by atoms with E-state index in [0.29, 0.717) is 13.1 Å². The first-order valence-corrected chi connectivity index (χ1v) is 6.91. The molecular weight excluding hydrogens is 298 g/mol. The van der Waals surface area contributed by atoms with E-state index in [1.807, 2.05) is 4.90 Å². The fourth-order valence-corrected chi connectivity index (χ4v) is 2.48. The number of nitrogens with two attached hydrogens (primary N) is 1. The van der Waals surface area contributed by atoms with Crippen LogP contribution in [-0.4, -0.2) is 46.4 Å². The minimum absolute atomic E-state index is 0.0544. The Morgan fingerprint density at radius 1 is 1.52 bits per heavy atom. The average molecular weight is 314 g/mol. The monoisotopic (exact) mass is 313 g/mol. The molecule has 0 radical (unpaired) electrons. The molecule has 1 aliphatic rings. The minimum Gasteiger partial charge on any atom is -0.369 e. The first kappa shape index (κ1) is 15.5. The van der Waals surface area contributed by atoms with Crippen LogP contribution in [0, 0.1) is 10.1 Å². The second-order valence-electron chi connectivity index (χ2n) is 4.92. The van der Waals surface area contributed by atoms with Gasteiger partial charge in [-0.05, 0) is 18.9 Å². The number of likely N-dealkylation sites (tertiary alicyclic amines) is 1. The number of aromatic nitrogens is 1. The average Bonchev–Trinajstić information content (AvgIpc) is 2.40. The molecule has 2 heterocycles. The van der Waals surface area contributed by atoms with Crippen LogP contribution >= 0.6 is 11.6 Å². The van der Waals surface area contributed by atoms with Crippen molar-refractivity contribution in [2.75, 3.05) is 25.0 Å². The van der Waals surface area contributed by atoms with E-state index < -0.39 is 4.92 Å². The maximum atomic E-state index is 11.0. The number of carbonyl (C=O) groups is 1. The SMILES string of the molecule is NC(=O)CN1CCC(Nc2nc(Cl)ccc2[N+](=O)[O-])CC1. The first-order chi connectivity index (χ1) is 9.95. The molecule has 3 N–H and O–H groups in total. The molecule has 0 bridgehead atoms. The summed E-state index contributed by atoms with van der Waals surface area (Å²) < 4.78 is 0. The van der Waals surface area contributed by atoms with Crippen molar-refractivity contribution in [1.82, 2.24) is 9.88 Å². The normalized spacial score (nSPS) is 16.6. The van der Waals surface area contributed by atoms with Gasteiger partial charge in [-0.3, -0.25) is 19.8 Å². The molecule has 1 aromatic rings. The highest BCUT2D eigenvalue weighted by Crippen LogP contribution is 2.26. The summed E-state index contributed by atoms with van der Waals surface area (Å²) in [5, 5.41) is 14.2. The predicted molar refractivity (Wildman–Crippen MR) is 78.2 cm³/mol. The number of carbonyl (C=O) groups excluding carboxylic acids is 1. The summed E-state index contributed by atoms with van der Waals surface area (Å²) in [7, 11) is 0. The standard InChI is InChI=1S/C12H16ClN5O3/c13-10-2-1-9(18(20)21)12(16-10)15-8-3-5-17(6-4-8)7-11(14)19/h1-2,8H,3-7H2,(H2,14,19)(H,15,16).